The lowest BCUT2D eigenvalue weighted by atomic mass is 9.89. The van der Waals surface area contributed by atoms with Crippen molar-refractivity contribution in [2.45, 2.75) is 45.1 Å². The number of benzene rings is 1. The summed E-state index contributed by atoms with van der Waals surface area (Å²) in [4.78, 5) is 23.8. The van der Waals surface area contributed by atoms with Gasteiger partial charge in [0.25, 0.3) is 5.91 Å². The number of halogens is 1. The largest absolute Gasteiger partial charge is 0.449 e. The fourth-order valence-corrected chi connectivity index (χ4v) is 2.68. The first kappa shape index (κ1) is 16.5. The zero-order valence-corrected chi connectivity index (χ0v) is 12.8. The van der Waals surface area contributed by atoms with Crippen LogP contribution in [0.25, 0.3) is 0 Å². The van der Waals surface area contributed by atoms with Crippen molar-refractivity contribution in [3.63, 3.8) is 0 Å². The summed E-state index contributed by atoms with van der Waals surface area (Å²) in [5.74, 6) is -1.30. The van der Waals surface area contributed by atoms with Gasteiger partial charge in [-0.1, -0.05) is 31.4 Å². The first-order chi connectivity index (χ1) is 10.6. The summed E-state index contributed by atoms with van der Waals surface area (Å²) in [6.45, 7) is 2.11. The van der Waals surface area contributed by atoms with E-state index in [1.165, 1.54) is 44.4 Å². The van der Waals surface area contributed by atoms with Crippen molar-refractivity contribution in [1.29, 1.82) is 0 Å². The Bertz CT molecular complexity index is 526. The van der Waals surface area contributed by atoms with E-state index >= 15 is 0 Å². The summed E-state index contributed by atoms with van der Waals surface area (Å²) >= 11 is 0. The maximum absolute atomic E-state index is 13.5. The normalized spacial score (nSPS) is 16.8. The van der Waals surface area contributed by atoms with Crippen molar-refractivity contribution in [3.8, 4) is 0 Å². The quantitative estimate of drug-likeness (QED) is 0.851. The van der Waals surface area contributed by atoms with E-state index in [0.717, 1.165) is 12.8 Å². The third-order valence-electron chi connectivity index (χ3n) is 4.04. The maximum Gasteiger partial charge on any atom is 0.341 e. The predicted octanol–water partition coefficient (Wildman–Crippen LogP) is 3.07. The lowest BCUT2D eigenvalue weighted by Gasteiger charge is -2.22. The minimum Gasteiger partial charge on any atom is -0.449 e. The Labute approximate surface area is 130 Å². The standard InChI is InChI=1S/C17H22FNO3/c1-12(16(20)19-11-13-7-3-2-4-8-13)22-17(21)14-9-5-6-10-15(14)18/h5-6,9-10,12-13H,2-4,7-8,11H2,1H3,(H,19,20)/t12-/m1/s1. The van der Waals surface area contributed by atoms with Crippen molar-refractivity contribution in [2.75, 3.05) is 6.54 Å². The smallest absolute Gasteiger partial charge is 0.341 e. The molecule has 0 bridgehead atoms. The molecule has 0 saturated heterocycles. The molecule has 0 unspecified atom stereocenters. The number of amides is 1. The second-order valence-electron chi connectivity index (χ2n) is 5.78. The van der Waals surface area contributed by atoms with E-state index in [2.05, 4.69) is 5.32 Å². The second-order valence-corrected chi connectivity index (χ2v) is 5.78. The summed E-state index contributed by atoms with van der Waals surface area (Å²) in [5, 5.41) is 2.81. The van der Waals surface area contributed by atoms with E-state index in [1.54, 1.807) is 6.07 Å². The van der Waals surface area contributed by atoms with Crippen molar-refractivity contribution in [3.05, 3.63) is 35.6 Å². The van der Waals surface area contributed by atoms with Gasteiger partial charge in [-0.3, -0.25) is 4.79 Å². The molecule has 1 fully saturated rings. The number of carbonyl (C=O) groups excluding carboxylic acids is 2. The minimum absolute atomic E-state index is 0.158. The van der Waals surface area contributed by atoms with Gasteiger partial charge in [0.1, 0.15) is 5.82 Å². The molecular weight excluding hydrogens is 285 g/mol. The summed E-state index contributed by atoms with van der Waals surface area (Å²) in [7, 11) is 0. The van der Waals surface area contributed by atoms with E-state index in [9.17, 15) is 14.0 Å². The molecule has 5 heteroatoms. The molecule has 1 aliphatic carbocycles. The van der Waals surface area contributed by atoms with E-state index in [1.807, 2.05) is 0 Å². The predicted molar refractivity (Wildman–Crippen MR) is 80.9 cm³/mol. The molecule has 2 rings (SSSR count). The highest BCUT2D eigenvalue weighted by atomic mass is 19.1. The molecule has 120 valence electrons. The van der Waals surface area contributed by atoms with Gasteiger partial charge in [-0.05, 0) is 37.8 Å². The van der Waals surface area contributed by atoms with Crippen LogP contribution in [0.5, 0.6) is 0 Å². The number of hydrogen-bond donors (Lipinski definition) is 1. The van der Waals surface area contributed by atoms with Crippen LogP contribution in [0.2, 0.25) is 0 Å². The van der Waals surface area contributed by atoms with Gasteiger partial charge in [0.2, 0.25) is 0 Å². The molecule has 0 radical (unpaired) electrons. The molecule has 0 spiro atoms. The monoisotopic (exact) mass is 307 g/mol. The molecule has 1 amide bonds. The average molecular weight is 307 g/mol. The summed E-state index contributed by atoms with van der Waals surface area (Å²) in [6.07, 6.45) is 5.00. The van der Waals surface area contributed by atoms with E-state index < -0.39 is 17.9 Å². The first-order valence-electron chi connectivity index (χ1n) is 7.81. The molecule has 1 saturated carbocycles. The third kappa shape index (κ3) is 4.55. The average Bonchev–Trinajstić information content (AvgIpc) is 2.53. The van der Waals surface area contributed by atoms with Crippen LogP contribution < -0.4 is 5.32 Å². The molecule has 1 N–H and O–H groups in total. The molecule has 0 aliphatic heterocycles. The van der Waals surface area contributed by atoms with Gasteiger partial charge in [0.05, 0.1) is 5.56 Å². The van der Waals surface area contributed by atoms with Gasteiger partial charge in [-0.2, -0.15) is 0 Å². The summed E-state index contributed by atoms with van der Waals surface area (Å²) in [6, 6.07) is 5.56. The molecule has 1 aromatic carbocycles. The van der Waals surface area contributed by atoms with Crippen LogP contribution in [0.4, 0.5) is 4.39 Å². The Hall–Kier alpha value is -1.91. The topological polar surface area (TPSA) is 55.4 Å². The summed E-state index contributed by atoms with van der Waals surface area (Å²) < 4.78 is 18.5. The van der Waals surface area contributed by atoms with Crippen LogP contribution in [0.1, 0.15) is 49.4 Å². The van der Waals surface area contributed by atoms with Gasteiger partial charge >= 0.3 is 5.97 Å². The zero-order chi connectivity index (χ0) is 15.9. The number of ether oxygens (including phenoxy) is 1. The van der Waals surface area contributed by atoms with Gasteiger partial charge < -0.3 is 10.1 Å². The highest BCUT2D eigenvalue weighted by molar-refractivity contribution is 5.92. The fourth-order valence-electron chi connectivity index (χ4n) is 2.68. The van der Waals surface area contributed by atoms with E-state index in [0.29, 0.717) is 12.5 Å². The van der Waals surface area contributed by atoms with Crippen LogP contribution in [0, 0.1) is 11.7 Å². The lowest BCUT2D eigenvalue weighted by molar-refractivity contribution is -0.129. The third-order valence-corrected chi connectivity index (χ3v) is 4.04. The van der Waals surface area contributed by atoms with Crippen LogP contribution >= 0.6 is 0 Å². The highest BCUT2D eigenvalue weighted by Gasteiger charge is 2.22. The Morgan fingerprint density at radius 2 is 1.95 bits per heavy atom. The van der Waals surface area contributed by atoms with Crippen molar-refractivity contribution < 1.29 is 18.7 Å². The van der Waals surface area contributed by atoms with E-state index in [-0.39, 0.29) is 11.5 Å². The van der Waals surface area contributed by atoms with Crippen LogP contribution in [0.3, 0.4) is 0 Å². The Morgan fingerprint density at radius 3 is 2.64 bits per heavy atom. The SMILES string of the molecule is C[C@@H](OC(=O)c1ccccc1F)C(=O)NCC1CCCCC1. The number of hydrogen-bond acceptors (Lipinski definition) is 3. The minimum atomic E-state index is -0.935. The van der Waals surface area contributed by atoms with Crippen LogP contribution in [-0.4, -0.2) is 24.5 Å². The van der Waals surface area contributed by atoms with Crippen molar-refractivity contribution in [2.24, 2.45) is 5.92 Å². The molecule has 4 nitrogen and oxygen atoms in total. The number of nitrogens with one attached hydrogen (secondary N) is 1. The van der Waals surface area contributed by atoms with Crippen LogP contribution in [-0.2, 0) is 9.53 Å². The molecule has 0 heterocycles. The van der Waals surface area contributed by atoms with Gasteiger partial charge in [-0.15, -0.1) is 0 Å². The Morgan fingerprint density at radius 1 is 1.27 bits per heavy atom. The Kier molecular flexibility index (Phi) is 5.92. The molecule has 0 aromatic heterocycles. The van der Waals surface area contributed by atoms with Gasteiger partial charge in [0.15, 0.2) is 6.10 Å². The number of rotatable bonds is 5. The molecule has 22 heavy (non-hydrogen) atoms. The number of esters is 1. The van der Waals surface area contributed by atoms with Gasteiger partial charge in [0, 0.05) is 6.54 Å². The lowest BCUT2D eigenvalue weighted by Crippen LogP contribution is -2.38. The van der Waals surface area contributed by atoms with Crippen molar-refractivity contribution >= 4 is 11.9 Å². The fraction of sp³-hybridized carbons (Fsp3) is 0.529. The zero-order valence-electron chi connectivity index (χ0n) is 12.8. The number of carbonyl (C=O) groups is 2. The van der Waals surface area contributed by atoms with Crippen molar-refractivity contribution in [1.82, 2.24) is 5.32 Å². The van der Waals surface area contributed by atoms with E-state index in [4.69, 9.17) is 4.74 Å². The summed E-state index contributed by atoms with van der Waals surface area (Å²) in [5.41, 5.74) is -0.158. The first-order valence-corrected chi connectivity index (χ1v) is 7.81. The maximum atomic E-state index is 13.5. The highest BCUT2D eigenvalue weighted by Crippen LogP contribution is 2.22. The second kappa shape index (κ2) is 7.92. The molecule has 1 atom stereocenters. The molecular formula is C17H22FNO3. The van der Waals surface area contributed by atoms with Crippen LogP contribution in [0.15, 0.2) is 24.3 Å². The molecule has 1 aromatic rings. The molecule has 1 aliphatic rings. The Balaban J connectivity index is 1.80. The van der Waals surface area contributed by atoms with Gasteiger partial charge in [-0.25, -0.2) is 9.18 Å².